The molecule has 0 fully saturated rings. The topological polar surface area (TPSA) is 32.3 Å². The van der Waals surface area contributed by atoms with E-state index in [0.717, 1.165) is 11.0 Å². The minimum absolute atomic E-state index is 0.278. The lowest BCUT2D eigenvalue weighted by atomic mass is 9.96. The molecule has 1 atom stereocenters. The maximum Gasteiger partial charge on any atom is 0.126 e. The summed E-state index contributed by atoms with van der Waals surface area (Å²) in [5.41, 5.74) is -0.408. The van der Waals surface area contributed by atoms with E-state index in [9.17, 15) is 9.50 Å². The van der Waals surface area contributed by atoms with Crippen molar-refractivity contribution in [2.75, 3.05) is 13.1 Å². The van der Waals surface area contributed by atoms with E-state index in [1.807, 2.05) is 6.92 Å². The first-order valence-electron chi connectivity index (χ1n) is 5.31. The number of hydrogen-bond acceptors (Lipinski definition) is 2. The van der Waals surface area contributed by atoms with E-state index in [1.54, 1.807) is 19.1 Å². The Balaban J connectivity index is 2.74. The zero-order chi connectivity index (χ0) is 12.2. The quantitative estimate of drug-likeness (QED) is 0.873. The molecule has 0 aliphatic heterocycles. The van der Waals surface area contributed by atoms with E-state index in [2.05, 4.69) is 21.2 Å². The minimum Gasteiger partial charge on any atom is -0.389 e. The van der Waals surface area contributed by atoms with Crippen LogP contribution in [0.3, 0.4) is 0 Å². The number of rotatable bonds is 5. The second-order valence-electron chi connectivity index (χ2n) is 4.19. The van der Waals surface area contributed by atoms with E-state index in [4.69, 9.17) is 0 Å². The fourth-order valence-electron chi connectivity index (χ4n) is 1.55. The summed E-state index contributed by atoms with van der Waals surface area (Å²) in [5, 5.41) is 13.1. The molecule has 0 aliphatic rings. The molecule has 90 valence electrons. The van der Waals surface area contributed by atoms with Gasteiger partial charge in [-0.25, -0.2) is 4.39 Å². The summed E-state index contributed by atoms with van der Waals surface area (Å²) in [6.07, 6.45) is 0.297. The molecule has 1 aromatic carbocycles. The van der Waals surface area contributed by atoms with Gasteiger partial charge < -0.3 is 10.4 Å². The van der Waals surface area contributed by atoms with E-state index in [1.165, 1.54) is 6.07 Å². The van der Waals surface area contributed by atoms with Gasteiger partial charge in [-0.15, -0.1) is 0 Å². The van der Waals surface area contributed by atoms with E-state index in [0.29, 0.717) is 18.5 Å². The maximum atomic E-state index is 13.5. The van der Waals surface area contributed by atoms with Crippen LogP contribution in [-0.2, 0) is 6.42 Å². The molecule has 16 heavy (non-hydrogen) atoms. The van der Waals surface area contributed by atoms with Gasteiger partial charge in [-0.05, 0) is 37.2 Å². The third-order valence-corrected chi connectivity index (χ3v) is 2.83. The molecule has 0 aliphatic carbocycles. The van der Waals surface area contributed by atoms with Crippen LogP contribution in [0.2, 0.25) is 0 Å². The molecule has 0 aromatic heterocycles. The Morgan fingerprint density at radius 2 is 2.19 bits per heavy atom. The highest BCUT2D eigenvalue weighted by Gasteiger charge is 2.22. The lowest BCUT2D eigenvalue weighted by molar-refractivity contribution is 0.0598. The van der Waals surface area contributed by atoms with Crippen LogP contribution in [0.25, 0.3) is 0 Å². The summed E-state index contributed by atoms with van der Waals surface area (Å²) in [5.74, 6) is -0.278. The molecule has 0 heterocycles. The molecule has 0 amide bonds. The van der Waals surface area contributed by atoms with Crippen LogP contribution in [0.1, 0.15) is 19.4 Å². The fourth-order valence-corrected chi connectivity index (χ4v) is 1.95. The van der Waals surface area contributed by atoms with Gasteiger partial charge in [-0.2, -0.15) is 0 Å². The Labute approximate surface area is 104 Å². The van der Waals surface area contributed by atoms with Crippen molar-refractivity contribution in [2.45, 2.75) is 25.9 Å². The summed E-state index contributed by atoms with van der Waals surface area (Å²) in [4.78, 5) is 0. The van der Waals surface area contributed by atoms with Gasteiger partial charge in [0.2, 0.25) is 0 Å². The minimum atomic E-state index is -0.933. The summed E-state index contributed by atoms with van der Waals surface area (Å²) < 4.78 is 14.3. The number of halogens is 2. The Morgan fingerprint density at radius 1 is 1.50 bits per heavy atom. The predicted molar refractivity (Wildman–Crippen MR) is 67.0 cm³/mol. The van der Waals surface area contributed by atoms with Gasteiger partial charge in [0, 0.05) is 17.4 Å². The fraction of sp³-hybridized carbons (Fsp3) is 0.500. The van der Waals surface area contributed by atoms with Crippen LogP contribution < -0.4 is 5.32 Å². The van der Waals surface area contributed by atoms with Crippen LogP contribution in [0.4, 0.5) is 4.39 Å². The molecule has 1 rings (SSSR count). The van der Waals surface area contributed by atoms with Crippen LogP contribution in [-0.4, -0.2) is 23.8 Å². The first kappa shape index (κ1) is 13.6. The monoisotopic (exact) mass is 289 g/mol. The number of aliphatic hydroxyl groups is 1. The van der Waals surface area contributed by atoms with Crippen molar-refractivity contribution >= 4 is 15.9 Å². The van der Waals surface area contributed by atoms with Gasteiger partial charge >= 0.3 is 0 Å². The Morgan fingerprint density at radius 3 is 2.81 bits per heavy atom. The Hall–Kier alpha value is -0.450. The summed E-state index contributed by atoms with van der Waals surface area (Å²) in [7, 11) is 0. The van der Waals surface area contributed by atoms with Crippen LogP contribution >= 0.6 is 15.9 Å². The second kappa shape index (κ2) is 5.75. The van der Waals surface area contributed by atoms with Gasteiger partial charge in [0.1, 0.15) is 5.82 Å². The number of nitrogens with one attached hydrogen (secondary N) is 1. The van der Waals surface area contributed by atoms with Crippen LogP contribution in [0, 0.1) is 5.82 Å². The van der Waals surface area contributed by atoms with E-state index >= 15 is 0 Å². The third kappa shape index (κ3) is 4.20. The van der Waals surface area contributed by atoms with Gasteiger partial charge in [-0.1, -0.05) is 22.9 Å². The van der Waals surface area contributed by atoms with Gasteiger partial charge in [0.25, 0.3) is 0 Å². The molecular formula is C12H17BrFNO. The average Bonchev–Trinajstić information content (AvgIpc) is 2.20. The standard InChI is InChI=1S/C12H17BrFNO/c1-3-15-8-12(2,16)7-9-6-10(13)4-5-11(9)14/h4-6,15-16H,3,7-8H2,1-2H3. The number of likely N-dealkylation sites (N-methyl/N-ethyl adjacent to an activating group) is 1. The van der Waals surface area contributed by atoms with Gasteiger partial charge in [0.05, 0.1) is 5.60 Å². The van der Waals surface area contributed by atoms with Crippen molar-refractivity contribution < 1.29 is 9.50 Å². The second-order valence-corrected chi connectivity index (χ2v) is 5.11. The SMILES string of the molecule is CCNCC(C)(O)Cc1cc(Br)ccc1F. The smallest absolute Gasteiger partial charge is 0.126 e. The molecule has 2 N–H and O–H groups in total. The molecule has 1 unspecified atom stereocenters. The van der Waals surface area contributed by atoms with Gasteiger partial charge in [-0.3, -0.25) is 0 Å². The maximum absolute atomic E-state index is 13.5. The van der Waals surface area contributed by atoms with Gasteiger partial charge in [0.15, 0.2) is 0 Å². The molecule has 0 bridgehead atoms. The van der Waals surface area contributed by atoms with Crippen LogP contribution in [0.15, 0.2) is 22.7 Å². The van der Waals surface area contributed by atoms with Crippen LogP contribution in [0.5, 0.6) is 0 Å². The molecule has 2 nitrogen and oxygen atoms in total. The molecular weight excluding hydrogens is 273 g/mol. The third-order valence-electron chi connectivity index (χ3n) is 2.33. The normalized spacial score (nSPS) is 14.8. The summed E-state index contributed by atoms with van der Waals surface area (Å²) in [6.45, 7) is 4.92. The highest BCUT2D eigenvalue weighted by Crippen LogP contribution is 2.20. The largest absolute Gasteiger partial charge is 0.389 e. The lowest BCUT2D eigenvalue weighted by Crippen LogP contribution is -2.39. The first-order valence-corrected chi connectivity index (χ1v) is 6.11. The number of benzene rings is 1. The zero-order valence-corrected chi connectivity index (χ0v) is 11.1. The van der Waals surface area contributed by atoms with E-state index < -0.39 is 5.60 Å². The van der Waals surface area contributed by atoms with Crippen molar-refractivity contribution in [2.24, 2.45) is 0 Å². The zero-order valence-electron chi connectivity index (χ0n) is 9.56. The number of hydrogen-bond donors (Lipinski definition) is 2. The lowest BCUT2D eigenvalue weighted by Gasteiger charge is -2.23. The van der Waals surface area contributed by atoms with Crippen molar-refractivity contribution in [3.8, 4) is 0 Å². The van der Waals surface area contributed by atoms with Crippen molar-refractivity contribution in [1.82, 2.24) is 5.32 Å². The average molecular weight is 290 g/mol. The molecule has 0 saturated carbocycles. The van der Waals surface area contributed by atoms with Crippen molar-refractivity contribution in [1.29, 1.82) is 0 Å². The molecule has 4 heteroatoms. The highest BCUT2D eigenvalue weighted by atomic mass is 79.9. The Bertz CT molecular complexity index is 355. The molecule has 0 radical (unpaired) electrons. The summed E-state index contributed by atoms with van der Waals surface area (Å²) in [6, 6.07) is 4.76. The predicted octanol–water partition coefficient (Wildman–Crippen LogP) is 2.49. The Kier molecular flexibility index (Phi) is 4.89. The van der Waals surface area contributed by atoms with E-state index in [-0.39, 0.29) is 5.82 Å². The van der Waals surface area contributed by atoms with Crippen molar-refractivity contribution in [3.05, 3.63) is 34.1 Å². The highest BCUT2D eigenvalue weighted by molar-refractivity contribution is 9.10. The molecule has 0 spiro atoms. The summed E-state index contributed by atoms with van der Waals surface area (Å²) >= 11 is 3.29. The first-order chi connectivity index (χ1) is 7.44. The van der Waals surface area contributed by atoms with Crippen molar-refractivity contribution in [3.63, 3.8) is 0 Å². The molecule has 0 saturated heterocycles. The molecule has 1 aromatic rings.